The van der Waals surface area contributed by atoms with Gasteiger partial charge in [-0.2, -0.15) is 4.31 Å². The molecule has 1 fully saturated rings. The maximum absolute atomic E-state index is 13.2. The van der Waals surface area contributed by atoms with Gasteiger partial charge in [0.25, 0.3) is 0 Å². The minimum absolute atomic E-state index is 0.0513. The van der Waals surface area contributed by atoms with Gasteiger partial charge in [0.2, 0.25) is 15.9 Å². The lowest BCUT2D eigenvalue weighted by atomic mass is 9.94. The number of amides is 1. The van der Waals surface area contributed by atoms with Crippen LogP contribution in [0, 0.1) is 5.92 Å². The summed E-state index contributed by atoms with van der Waals surface area (Å²) in [7, 11) is -2.68. The number of hydrogen-bond donors (Lipinski definition) is 1. The summed E-state index contributed by atoms with van der Waals surface area (Å²) in [6.45, 7) is 4.56. The molecular weight excluding hydrogens is 404 g/mol. The van der Waals surface area contributed by atoms with E-state index >= 15 is 0 Å². The van der Waals surface area contributed by atoms with Crippen molar-refractivity contribution >= 4 is 33.5 Å². The van der Waals surface area contributed by atoms with Crippen LogP contribution in [0.1, 0.15) is 49.9 Å². The third-order valence-electron chi connectivity index (χ3n) is 4.96. The first-order chi connectivity index (χ1) is 13.2. The predicted octanol–water partition coefficient (Wildman–Crippen LogP) is 2.83. The monoisotopic (exact) mass is 430 g/mol. The van der Waals surface area contributed by atoms with E-state index in [9.17, 15) is 18.0 Å². The summed E-state index contributed by atoms with van der Waals surface area (Å²) in [5.41, 5.74) is 0.173. The molecule has 1 amide bonds. The number of hydrogen-bond acceptors (Lipinski definition) is 5. The molecule has 1 aliphatic rings. The number of methoxy groups -OCH3 is 1. The first-order valence-corrected chi connectivity index (χ1v) is 11.2. The van der Waals surface area contributed by atoms with Crippen LogP contribution in [-0.2, 0) is 19.6 Å². The second-order valence-corrected chi connectivity index (χ2v) is 9.25. The first-order valence-electron chi connectivity index (χ1n) is 9.39. The molecule has 1 heterocycles. The molecule has 0 aromatic heterocycles. The lowest BCUT2D eigenvalue weighted by Crippen LogP contribution is -2.49. The van der Waals surface area contributed by atoms with Crippen LogP contribution in [0.2, 0.25) is 5.02 Å². The Labute approximate surface area is 171 Å². The summed E-state index contributed by atoms with van der Waals surface area (Å²) >= 11 is 6.17. The van der Waals surface area contributed by atoms with Crippen LogP contribution in [0.25, 0.3) is 0 Å². The molecule has 2 atom stereocenters. The zero-order valence-corrected chi connectivity index (χ0v) is 18.0. The van der Waals surface area contributed by atoms with Crippen molar-refractivity contribution in [1.29, 1.82) is 0 Å². The molecule has 1 aromatic rings. The molecule has 1 aromatic carbocycles. The van der Waals surface area contributed by atoms with E-state index in [0.717, 1.165) is 12.8 Å². The zero-order chi connectivity index (χ0) is 20.9. The Hall–Kier alpha value is -1.64. The highest BCUT2D eigenvalue weighted by Gasteiger charge is 2.38. The van der Waals surface area contributed by atoms with Crippen LogP contribution in [0.5, 0.6) is 0 Å². The lowest BCUT2D eigenvalue weighted by molar-refractivity contribution is -0.126. The van der Waals surface area contributed by atoms with Crippen molar-refractivity contribution in [3.63, 3.8) is 0 Å². The van der Waals surface area contributed by atoms with Gasteiger partial charge >= 0.3 is 5.97 Å². The number of ether oxygens (including phenoxy) is 1. The zero-order valence-electron chi connectivity index (χ0n) is 16.4. The Balaban J connectivity index is 2.23. The van der Waals surface area contributed by atoms with Crippen LogP contribution in [0.3, 0.4) is 0 Å². The van der Waals surface area contributed by atoms with Crippen molar-refractivity contribution in [2.45, 2.75) is 50.5 Å². The van der Waals surface area contributed by atoms with Crippen LogP contribution >= 0.6 is 11.6 Å². The molecule has 1 aliphatic heterocycles. The Kier molecular flexibility index (Phi) is 7.86. The molecule has 2 rings (SSSR count). The maximum Gasteiger partial charge on any atom is 0.337 e. The van der Waals surface area contributed by atoms with Crippen molar-refractivity contribution < 1.29 is 22.7 Å². The number of halogens is 1. The molecule has 0 saturated carbocycles. The number of benzene rings is 1. The summed E-state index contributed by atoms with van der Waals surface area (Å²) in [5, 5.41) is 2.83. The van der Waals surface area contributed by atoms with Crippen molar-refractivity contribution in [3.05, 3.63) is 28.8 Å². The largest absolute Gasteiger partial charge is 0.465 e. The lowest BCUT2D eigenvalue weighted by Gasteiger charge is -2.36. The van der Waals surface area contributed by atoms with Crippen molar-refractivity contribution in [1.82, 2.24) is 9.62 Å². The Bertz CT molecular complexity index is 828. The smallest absolute Gasteiger partial charge is 0.337 e. The topological polar surface area (TPSA) is 92.8 Å². The van der Waals surface area contributed by atoms with E-state index in [1.165, 1.54) is 29.6 Å². The molecule has 7 nitrogen and oxygen atoms in total. The van der Waals surface area contributed by atoms with Crippen LogP contribution in [-0.4, -0.2) is 50.8 Å². The molecular formula is C19H27ClN2O5S. The van der Waals surface area contributed by atoms with Gasteiger partial charge < -0.3 is 10.1 Å². The molecule has 0 radical (unpaired) electrons. The van der Waals surface area contributed by atoms with Gasteiger partial charge in [-0.3, -0.25) is 4.79 Å². The number of piperidine rings is 1. The van der Waals surface area contributed by atoms with Gasteiger partial charge in [0, 0.05) is 19.1 Å². The first kappa shape index (κ1) is 22.6. The van der Waals surface area contributed by atoms with Crippen molar-refractivity contribution in [2.24, 2.45) is 5.92 Å². The second-order valence-electron chi connectivity index (χ2n) is 6.98. The van der Waals surface area contributed by atoms with Gasteiger partial charge in [-0.1, -0.05) is 24.9 Å². The molecule has 1 N–H and O–H groups in total. The Morgan fingerprint density at radius 3 is 2.64 bits per heavy atom. The fraction of sp³-hybridized carbons (Fsp3) is 0.579. The van der Waals surface area contributed by atoms with Crippen LogP contribution in [0.4, 0.5) is 0 Å². The maximum atomic E-state index is 13.2. The molecule has 2 unspecified atom stereocenters. The third-order valence-corrected chi connectivity index (χ3v) is 7.43. The molecule has 0 spiro atoms. The van der Waals surface area contributed by atoms with E-state index in [4.69, 9.17) is 11.6 Å². The SMILES string of the molecule is CCCCNC(=O)C1CCC(C)N(S(=O)(=O)c2ccc(C(=O)OC)cc2Cl)C1. The number of nitrogens with one attached hydrogen (secondary N) is 1. The molecule has 156 valence electrons. The second kappa shape index (κ2) is 9.71. The van der Waals surface area contributed by atoms with E-state index in [-0.39, 0.29) is 34.0 Å². The number of unbranched alkanes of at least 4 members (excludes halogenated alkanes) is 1. The highest BCUT2D eigenvalue weighted by Crippen LogP contribution is 2.32. The molecule has 9 heteroatoms. The average molecular weight is 431 g/mol. The number of esters is 1. The summed E-state index contributed by atoms with van der Waals surface area (Å²) in [5.74, 6) is -1.11. The number of carbonyl (C=O) groups excluding carboxylic acids is 2. The normalized spacial score (nSPS) is 20.6. The summed E-state index contributed by atoms with van der Waals surface area (Å²) in [6, 6.07) is 3.71. The number of rotatable bonds is 7. The van der Waals surface area contributed by atoms with Gasteiger partial charge in [-0.05, 0) is 44.4 Å². The fourth-order valence-electron chi connectivity index (χ4n) is 3.24. The number of sulfonamides is 1. The van der Waals surface area contributed by atoms with Gasteiger partial charge in [0.1, 0.15) is 4.90 Å². The van der Waals surface area contributed by atoms with E-state index in [0.29, 0.717) is 19.4 Å². The van der Waals surface area contributed by atoms with Gasteiger partial charge in [0.05, 0.1) is 23.6 Å². The summed E-state index contributed by atoms with van der Waals surface area (Å²) < 4.78 is 32.3. The average Bonchev–Trinajstić information content (AvgIpc) is 2.67. The molecule has 0 bridgehead atoms. The Morgan fingerprint density at radius 1 is 1.32 bits per heavy atom. The van der Waals surface area contributed by atoms with Crippen LogP contribution < -0.4 is 5.32 Å². The number of nitrogens with zero attached hydrogens (tertiary/aromatic N) is 1. The molecule has 28 heavy (non-hydrogen) atoms. The standard InChI is InChI=1S/C19H27ClN2O5S/c1-4-5-10-21-18(23)15-7-6-13(2)22(12-15)28(25,26)17-9-8-14(11-16(17)20)19(24)27-3/h8-9,11,13,15H,4-7,10,12H2,1-3H3,(H,21,23). The van der Waals surface area contributed by atoms with Gasteiger partial charge in [0.15, 0.2) is 0 Å². The predicted molar refractivity (Wildman–Crippen MR) is 107 cm³/mol. The van der Waals surface area contributed by atoms with E-state index in [1.807, 2.05) is 13.8 Å². The third kappa shape index (κ3) is 5.04. The molecule has 0 aliphatic carbocycles. The highest BCUT2D eigenvalue weighted by molar-refractivity contribution is 7.89. The number of carbonyl (C=O) groups is 2. The quantitative estimate of drug-likeness (QED) is 0.530. The molecule has 1 saturated heterocycles. The van der Waals surface area contributed by atoms with E-state index in [2.05, 4.69) is 10.1 Å². The Morgan fingerprint density at radius 2 is 2.04 bits per heavy atom. The minimum Gasteiger partial charge on any atom is -0.465 e. The van der Waals surface area contributed by atoms with E-state index in [1.54, 1.807) is 0 Å². The van der Waals surface area contributed by atoms with E-state index < -0.39 is 21.9 Å². The van der Waals surface area contributed by atoms with Crippen molar-refractivity contribution in [3.8, 4) is 0 Å². The summed E-state index contributed by atoms with van der Waals surface area (Å²) in [4.78, 5) is 23.9. The summed E-state index contributed by atoms with van der Waals surface area (Å²) in [6.07, 6.45) is 3.09. The highest BCUT2D eigenvalue weighted by atomic mass is 35.5. The van der Waals surface area contributed by atoms with Gasteiger partial charge in [-0.25, -0.2) is 13.2 Å². The van der Waals surface area contributed by atoms with Crippen molar-refractivity contribution in [2.75, 3.05) is 20.2 Å². The van der Waals surface area contributed by atoms with Gasteiger partial charge in [-0.15, -0.1) is 0 Å². The van der Waals surface area contributed by atoms with Crippen LogP contribution in [0.15, 0.2) is 23.1 Å². The fourth-order valence-corrected chi connectivity index (χ4v) is 5.46. The minimum atomic E-state index is -3.91.